The van der Waals surface area contributed by atoms with Gasteiger partial charge in [-0.1, -0.05) is 6.58 Å². The molecule has 1 aromatic carbocycles. The Hall–Kier alpha value is -2.38. The van der Waals surface area contributed by atoms with Crippen molar-refractivity contribution in [3.8, 4) is 5.75 Å². The molecule has 176 valence electrons. The monoisotopic (exact) mass is 451 g/mol. The maximum atomic E-state index is 13.0. The molecule has 1 N–H and O–H groups in total. The first kappa shape index (κ1) is 21.2. The third-order valence-electron chi connectivity index (χ3n) is 8.46. The number of nitrogens with one attached hydrogen (secondary N) is 1. The van der Waals surface area contributed by atoms with Crippen LogP contribution in [0.2, 0.25) is 0 Å². The van der Waals surface area contributed by atoms with E-state index in [4.69, 9.17) is 9.47 Å². The summed E-state index contributed by atoms with van der Waals surface area (Å²) >= 11 is 0. The van der Waals surface area contributed by atoms with Crippen molar-refractivity contribution in [3.05, 3.63) is 41.6 Å². The van der Waals surface area contributed by atoms with Gasteiger partial charge in [-0.15, -0.1) is 0 Å². The van der Waals surface area contributed by atoms with Crippen molar-refractivity contribution in [3.63, 3.8) is 0 Å². The maximum absolute atomic E-state index is 13.0. The lowest BCUT2D eigenvalue weighted by Gasteiger charge is -2.49. The van der Waals surface area contributed by atoms with Gasteiger partial charge in [-0.3, -0.25) is 14.5 Å². The number of fused-ring (bicyclic) bond motifs is 1. The first-order chi connectivity index (χ1) is 16.0. The molecule has 0 radical (unpaired) electrons. The highest BCUT2D eigenvalue weighted by molar-refractivity contribution is 6.01. The van der Waals surface area contributed by atoms with E-state index in [1.807, 2.05) is 18.2 Å². The number of nitrogens with zero attached hydrogens (tertiary/aromatic N) is 2. The van der Waals surface area contributed by atoms with Gasteiger partial charge in [0.1, 0.15) is 17.9 Å². The van der Waals surface area contributed by atoms with Gasteiger partial charge in [0, 0.05) is 29.3 Å². The van der Waals surface area contributed by atoms with Gasteiger partial charge >= 0.3 is 0 Å². The fourth-order valence-corrected chi connectivity index (χ4v) is 6.35. The molecular formula is C26H33N3O4. The molecule has 0 bridgehead atoms. The fraction of sp³-hybridized carbons (Fsp3) is 0.615. The Morgan fingerprint density at radius 3 is 2.67 bits per heavy atom. The highest BCUT2D eigenvalue weighted by Gasteiger charge is 2.44. The van der Waals surface area contributed by atoms with Crippen molar-refractivity contribution in [2.24, 2.45) is 5.41 Å². The van der Waals surface area contributed by atoms with E-state index in [0.717, 1.165) is 49.7 Å². The van der Waals surface area contributed by atoms with Crippen molar-refractivity contribution in [2.75, 3.05) is 26.3 Å². The number of rotatable bonds is 4. The summed E-state index contributed by atoms with van der Waals surface area (Å²) in [6.07, 6.45) is 7.44. The van der Waals surface area contributed by atoms with Crippen LogP contribution in [-0.2, 0) is 16.1 Å². The summed E-state index contributed by atoms with van der Waals surface area (Å²) in [4.78, 5) is 29.8. The van der Waals surface area contributed by atoms with Gasteiger partial charge in [-0.25, -0.2) is 0 Å². The van der Waals surface area contributed by atoms with E-state index in [9.17, 15) is 9.59 Å². The molecule has 7 heteroatoms. The lowest BCUT2D eigenvalue weighted by molar-refractivity contribution is -0.144. The summed E-state index contributed by atoms with van der Waals surface area (Å²) < 4.78 is 12.0. The lowest BCUT2D eigenvalue weighted by Crippen LogP contribution is -2.54. The van der Waals surface area contributed by atoms with Gasteiger partial charge in [0.15, 0.2) is 0 Å². The summed E-state index contributed by atoms with van der Waals surface area (Å²) in [6, 6.07) is 5.85. The van der Waals surface area contributed by atoms with Crippen molar-refractivity contribution < 1.29 is 19.1 Å². The minimum atomic E-state index is -0.428. The molecule has 1 aromatic rings. The van der Waals surface area contributed by atoms with Crippen LogP contribution in [0.3, 0.4) is 0 Å². The average Bonchev–Trinajstić information content (AvgIpc) is 3.37. The SMILES string of the molecule is C=C1CCC(N2Cc3cc(O[C@H]4CCC[C@H]4N4CCC5(CC4)COC5)ccc3C2=O)C(=O)N1. The third-order valence-corrected chi connectivity index (χ3v) is 8.46. The van der Waals surface area contributed by atoms with Gasteiger partial charge in [0.2, 0.25) is 5.91 Å². The van der Waals surface area contributed by atoms with Crippen LogP contribution in [0.15, 0.2) is 30.5 Å². The zero-order valence-corrected chi connectivity index (χ0v) is 19.2. The number of hydrogen-bond donors (Lipinski definition) is 1. The summed E-state index contributed by atoms with van der Waals surface area (Å²) in [6.45, 7) is 8.45. The zero-order valence-electron chi connectivity index (χ0n) is 19.2. The van der Waals surface area contributed by atoms with Gasteiger partial charge in [-0.2, -0.15) is 0 Å². The number of benzene rings is 1. The Balaban J connectivity index is 1.12. The van der Waals surface area contributed by atoms with E-state index < -0.39 is 6.04 Å². The highest BCUT2D eigenvalue weighted by atomic mass is 16.5. The van der Waals surface area contributed by atoms with Crippen LogP contribution in [-0.4, -0.2) is 66.1 Å². The highest BCUT2D eigenvalue weighted by Crippen LogP contribution is 2.41. The van der Waals surface area contributed by atoms with Crippen molar-refractivity contribution >= 4 is 11.8 Å². The largest absolute Gasteiger partial charge is 0.489 e. The van der Waals surface area contributed by atoms with Crippen LogP contribution in [0, 0.1) is 5.41 Å². The second-order valence-electron chi connectivity index (χ2n) is 10.6. The Labute approximate surface area is 195 Å². The molecule has 3 saturated heterocycles. The Morgan fingerprint density at radius 2 is 1.94 bits per heavy atom. The van der Waals surface area contributed by atoms with Gasteiger partial charge in [0.05, 0.1) is 13.2 Å². The van der Waals surface area contributed by atoms with Crippen molar-refractivity contribution in [1.29, 1.82) is 0 Å². The normalized spacial score (nSPS) is 31.5. The summed E-state index contributed by atoms with van der Waals surface area (Å²) in [5, 5.41) is 2.80. The second kappa shape index (κ2) is 8.13. The first-order valence-corrected chi connectivity index (χ1v) is 12.4. The quantitative estimate of drug-likeness (QED) is 0.762. The molecule has 4 aliphatic heterocycles. The summed E-state index contributed by atoms with van der Waals surface area (Å²) in [5.74, 6) is 0.641. The van der Waals surface area contributed by atoms with Crippen molar-refractivity contribution in [1.82, 2.24) is 15.1 Å². The Bertz CT molecular complexity index is 978. The predicted octanol–water partition coefficient (Wildman–Crippen LogP) is 2.85. The number of piperidine rings is 2. The van der Waals surface area contributed by atoms with E-state index in [-0.39, 0.29) is 17.9 Å². The topological polar surface area (TPSA) is 71.1 Å². The molecule has 5 aliphatic rings. The van der Waals surface area contributed by atoms with E-state index in [1.54, 1.807) is 4.90 Å². The van der Waals surface area contributed by atoms with Gasteiger partial charge in [0.25, 0.3) is 5.91 Å². The number of allylic oxidation sites excluding steroid dienone is 1. The molecule has 33 heavy (non-hydrogen) atoms. The van der Waals surface area contributed by atoms with E-state index >= 15 is 0 Å². The predicted molar refractivity (Wildman–Crippen MR) is 123 cm³/mol. The van der Waals surface area contributed by atoms with Crippen LogP contribution in [0.4, 0.5) is 0 Å². The molecule has 6 rings (SSSR count). The number of likely N-dealkylation sites (tertiary alicyclic amines) is 1. The van der Waals surface area contributed by atoms with E-state index in [2.05, 4.69) is 16.8 Å². The fourth-order valence-electron chi connectivity index (χ4n) is 6.35. The molecular weight excluding hydrogens is 418 g/mol. The van der Waals surface area contributed by atoms with E-state index in [0.29, 0.717) is 36.4 Å². The number of hydrogen-bond acceptors (Lipinski definition) is 5. The molecule has 0 aromatic heterocycles. The minimum absolute atomic E-state index is 0.0647. The van der Waals surface area contributed by atoms with Crippen LogP contribution < -0.4 is 10.1 Å². The van der Waals surface area contributed by atoms with Crippen LogP contribution >= 0.6 is 0 Å². The Morgan fingerprint density at radius 1 is 1.12 bits per heavy atom. The molecule has 4 fully saturated rings. The van der Waals surface area contributed by atoms with Crippen LogP contribution in [0.1, 0.15) is 60.9 Å². The summed E-state index contributed by atoms with van der Waals surface area (Å²) in [7, 11) is 0. The molecule has 2 amide bonds. The number of ether oxygens (including phenoxy) is 2. The molecule has 7 nitrogen and oxygen atoms in total. The first-order valence-electron chi connectivity index (χ1n) is 12.4. The average molecular weight is 452 g/mol. The standard InChI is InChI=1S/C26H33N3O4/c1-17-5-8-22(24(30)27-17)29-14-18-13-19(6-7-20(18)25(29)31)33-23-4-2-3-21(23)28-11-9-26(10-12-28)15-32-16-26/h6-7,13,21-23H,1-5,8-12,14-16H2,(H,27,30)/t21-,22?,23+/m1/s1. The minimum Gasteiger partial charge on any atom is -0.489 e. The molecule has 3 atom stereocenters. The summed E-state index contributed by atoms with van der Waals surface area (Å²) in [5.41, 5.74) is 2.82. The molecule has 1 unspecified atom stereocenters. The number of carbonyl (C=O) groups is 2. The molecule has 4 heterocycles. The molecule has 1 saturated carbocycles. The Kier molecular flexibility index (Phi) is 5.22. The second-order valence-corrected chi connectivity index (χ2v) is 10.6. The molecule has 1 spiro atoms. The van der Waals surface area contributed by atoms with Gasteiger partial charge in [-0.05, 0) is 81.8 Å². The van der Waals surface area contributed by atoms with E-state index in [1.165, 1.54) is 25.7 Å². The maximum Gasteiger partial charge on any atom is 0.255 e. The van der Waals surface area contributed by atoms with Crippen LogP contribution in [0.25, 0.3) is 0 Å². The third kappa shape index (κ3) is 3.75. The van der Waals surface area contributed by atoms with Crippen LogP contribution in [0.5, 0.6) is 5.75 Å². The number of amides is 2. The van der Waals surface area contributed by atoms with Gasteiger partial charge < -0.3 is 19.7 Å². The number of carbonyl (C=O) groups excluding carboxylic acids is 2. The van der Waals surface area contributed by atoms with Crippen molar-refractivity contribution in [2.45, 2.75) is 69.7 Å². The smallest absolute Gasteiger partial charge is 0.255 e. The lowest BCUT2D eigenvalue weighted by atomic mass is 9.76. The molecule has 1 aliphatic carbocycles. The zero-order chi connectivity index (χ0) is 22.6.